The summed E-state index contributed by atoms with van der Waals surface area (Å²) in [7, 11) is 0. The molecule has 0 unspecified atom stereocenters. The Morgan fingerprint density at radius 2 is 2.00 bits per heavy atom. The first-order valence-corrected chi connectivity index (χ1v) is 9.23. The van der Waals surface area contributed by atoms with Crippen LogP contribution in [0.5, 0.6) is 5.75 Å². The van der Waals surface area contributed by atoms with Gasteiger partial charge in [-0.2, -0.15) is 4.98 Å². The first-order chi connectivity index (χ1) is 13.2. The number of fused-ring (bicyclic) bond motifs is 2. The van der Waals surface area contributed by atoms with Crippen molar-refractivity contribution in [2.75, 3.05) is 11.1 Å². The van der Waals surface area contributed by atoms with Crippen molar-refractivity contribution in [1.82, 2.24) is 9.97 Å². The van der Waals surface area contributed by atoms with Crippen molar-refractivity contribution >= 4 is 44.6 Å². The van der Waals surface area contributed by atoms with Crippen LogP contribution in [0.3, 0.4) is 0 Å². The summed E-state index contributed by atoms with van der Waals surface area (Å²) in [4.78, 5) is 13.9. The predicted octanol–water partition coefficient (Wildman–Crippen LogP) is 4.07. The molecule has 4 aromatic rings. The van der Waals surface area contributed by atoms with Gasteiger partial charge in [-0.1, -0.05) is 6.07 Å². The third kappa shape index (κ3) is 2.88. The summed E-state index contributed by atoms with van der Waals surface area (Å²) in [6.07, 6.45) is 1.62. The number of aromatic hydroxyl groups is 1. The maximum Gasteiger partial charge on any atom is 0.221 e. The van der Waals surface area contributed by atoms with Crippen LogP contribution in [0.25, 0.3) is 10.1 Å². The quantitative estimate of drug-likeness (QED) is 0.503. The van der Waals surface area contributed by atoms with E-state index in [1.165, 1.54) is 5.56 Å². The normalized spacial score (nSPS) is 12.8. The van der Waals surface area contributed by atoms with Gasteiger partial charge in [0.25, 0.3) is 0 Å². The molecule has 6 nitrogen and oxygen atoms in total. The lowest BCUT2D eigenvalue weighted by Gasteiger charge is -2.09. The van der Waals surface area contributed by atoms with Crippen molar-refractivity contribution in [3.05, 3.63) is 70.7 Å². The van der Waals surface area contributed by atoms with E-state index in [1.54, 1.807) is 35.7 Å². The number of phenolic OH excluding ortho intramolecular Hbond substituents is 1. The van der Waals surface area contributed by atoms with E-state index >= 15 is 0 Å². The Balaban J connectivity index is 1.51. The fraction of sp³-hybridized carbons (Fsp3) is 0.0500. The molecular weight excluding hydrogens is 358 g/mol. The molecule has 0 saturated carbocycles. The first kappa shape index (κ1) is 15.8. The monoisotopic (exact) mass is 373 g/mol. The highest BCUT2D eigenvalue weighted by molar-refractivity contribution is 7.21. The van der Waals surface area contributed by atoms with Gasteiger partial charge in [0.05, 0.1) is 17.1 Å². The van der Waals surface area contributed by atoms with E-state index in [9.17, 15) is 5.11 Å². The summed E-state index contributed by atoms with van der Waals surface area (Å²) in [6, 6.07) is 15.5. The third-order valence-electron chi connectivity index (χ3n) is 4.45. The molecule has 5 rings (SSSR count). The number of benzene rings is 2. The molecule has 2 aromatic carbocycles. The van der Waals surface area contributed by atoms with Crippen molar-refractivity contribution in [3.63, 3.8) is 0 Å². The number of hydrogen-bond donors (Lipinski definition) is 3. The molecule has 27 heavy (non-hydrogen) atoms. The van der Waals surface area contributed by atoms with Gasteiger partial charge < -0.3 is 16.2 Å². The summed E-state index contributed by atoms with van der Waals surface area (Å²) in [5.74, 6) is 1.16. The number of aromatic nitrogens is 2. The Morgan fingerprint density at radius 3 is 2.89 bits per heavy atom. The Morgan fingerprint density at radius 1 is 1.07 bits per heavy atom. The second-order valence-electron chi connectivity index (χ2n) is 6.29. The van der Waals surface area contributed by atoms with E-state index in [0.717, 1.165) is 31.9 Å². The van der Waals surface area contributed by atoms with Gasteiger partial charge in [0.1, 0.15) is 11.6 Å². The number of phenols is 1. The molecule has 0 fully saturated rings. The molecule has 2 aromatic heterocycles. The molecule has 1 aliphatic heterocycles. The molecule has 1 aliphatic rings. The van der Waals surface area contributed by atoms with Crippen LogP contribution in [0.1, 0.15) is 16.0 Å². The number of hydrogen-bond acceptors (Lipinski definition) is 7. The largest absolute Gasteiger partial charge is 0.508 e. The van der Waals surface area contributed by atoms with Crippen LogP contribution in [0.15, 0.2) is 59.7 Å². The zero-order valence-electron chi connectivity index (χ0n) is 14.2. The second kappa shape index (κ2) is 6.07. The molecule has 0 spiro atoms. The zero-order chi connectivity index (χ0) is 18.4. The van der Waals surface area contributed by atoms with E-state index in [1.807, 2.05) is 12.1 Å². The van der Waals surface area contributed by atoms with E-state index in [2.05, 4.69) is 33.5 Å². The second-order valence-corrected chi connectivity index (χ2v) is 7.38. The molecule has 0 radical (unpaired) electrons. The predicted molar refractivity (Wildman–Crippen MR) is 109 cm³/mol. The minimum Gasteiger partial charge on any atom is -0.508 e. The molecule has 0 bridgehead atoms. The lowest BCUT2D eigenvalue weighted by Crippen LogP contribution is -2.02. The van der Waals surface area contributed by atoms with Gasteiger partial charge in [0, 0.05) is 22.1 Å². The Bertz CT molecular complexity index is 1210. The number of aliphatic imine (C=N–C) groups is 1. The van der Waals surface area contributed by atoms with Gasteiger partial charge in [-0.05, 0) is 53.4 Å². The lowest BCUT2D eigenvalue weighted by molar-refractivity contribution is 0.476. The Labute approximate surface area is 159 Å². The van der Waals surface area contributed by atoms with Crippen molar-refractivity contribution in [2.24, 2.45) is 4.99 Å². The summed E-state index contributed by atoms with van der Waals surface area (Å²) in [5, 5.41) is 14.0. The highest BCUT2D eigenvalue weighted by atomic mass is 32.1. The average molecular weight is 373 g/mol. The topological polar surface area (TPSA) is 96.4 Å². The first-order valence-electron chi connectivity index (χ1n) is 8.42. The molecule has 0 saturated heterocycles. The third-order valence-corrected chi connectivity index (χ3v) is 5.58. The highest BCUT2D eigenvalue weighted by Crippen LogP contribution is 2.34. The maximum absolute atomic E-state index is 9.71. The summed E-state index contributed by atoms with van der Waals surface area (Å²) in [5.41, 5.74) is 9.85. The van der Waals surface area contributed by atoms with Crippen molar-refractivity contribution in [1.29, 1.82) is 0 Å². The minimum absolute atomic E-state index is 0.233. The van der Waals surface area contributed by atoms with E-state index in [-0.39, 0.29) is 11.7 Å². The molecule has 7 heteroatoms. The van der Waals surface area contributed by atoms with Crippen LogP contribution < -0.4 is 11.1 Å². The van der Waals surface area contributed by atoms with Crippen LogP contribution in [0.4, 0.5) is 17.5 Å². The van der Waals surface area contributed by atoms with E-state index in [4.69, 9.17) is 10.7 Å². The molecule has 0 amide bonds. The fourth-order valence-electron chi connectivity index (χ4n) is 3.21. The molecule has 0 aliphatic carbocycles. The van der Waals surface area contributed by atoms with Gasteiger partial charge in [-0.25, -0.2) is 4.98 Å². The van der Waals surface area contributed by atoms with Crippen LogP contribution in [0, 0.1) is 0 Å². The summed E-state index contributed by atoms with van der Waals surface area (Å²) < 4.78 is 1.13. The molecule has 132 valence electrons. The number of nitrogens with zero attached hydrogens (tertiary/aromatic N) is 3. The Hall–Kier alpha value is -3.45. The zero-order valence-corrected chi connectivity index (χ0v) is 15.0. The lowest BCUT2D eigenvalue weighted by atomic mass is 10.0. The van der Waals surface area contributed by atoms with Gasteiger partial charge in [0.2, 0.25) is 5.95 Å². The number of anilines is 3. The fourth-order valence-corrected chi connectivity index (χ4v) is 4.28. The van der Waals surface area contributed by atoms with Crippen LogP contribution in [0.2, 0.25) is 0 Å². The smallest absolute Gasteiger partial charge is 0.221 e. The number of thiophene rings is 1. The van der Waals surface area contributed by atoms with E-state index in [0.29, 0.717) is 12.4 Å². The molecule has 4 N–H and O–H groups in total. The van der Waals surface area contributed by atoms with Crippen LogP contribution >= 0.6 is 11.3 Å². The van der Waals surface area contributed by atoms with Crippen molar-refractivity contribution in [3.8, 4) is 5.75 Å². The van der Waals surface area contributed by atoms with Gasteiger partial charge in [0.15, 0.2) is 0 Å². The standard InChI is InChI=1S/C20H15N5OS/c21-20-22-6-5-18(25-20)24-13-2-1-11-10-23-19(15(11)9-13)17-8-12-7-14(26)3-4-16(12)27-17/h1-9,26H,10H2,(H3,21,22,24,25). The Kier molecular flexibility index (Phi) is 3.54. The van der Waals surface area contributed by atoms with Gasteiger partial charge >= 0.3 is 0 Å². The molecule has 0 atom stereocenters. The molecular formula is C20H15N5OS. The highest BCUT2D eigenvalue weighted by Gasteiger charge is 2.20. The summed E-state index contributed by atoms with van der Waals surface area (Å²) >= 11 is 1.68. The average Bonchev–Trinajstić information content (AvgIpc) is 3.24. The number of rotatable bonds is 3. The number of nitrogens with two attached hydrogens (primary N) is 1. The van der Waals surface area contributed by atoms with Crippen LogP contribution in [-0.2, 0) is 6.54 Å². The van der Waals surface area contributed by atoms with Crippen molar-refractivity contribution < 1.29 is 5.11 Å². The van der Waals surface area contributed by atoms with Crippen molar-refractivity contribution in [2.45, 2.75) is 6.54 Å². The van der Waals surface area contributed by atoms with Gasteiger partial charge in [-0.15, -0.1) is 11.3 Å². The number of nitrogens with one attached hydrogen (secondary N) is 1. The van der Waals surface area contributed by atoms with Gasteiger partial charge in [-0.3, -0.25) is 4.99 Å². The minimum atomic E-state index is 0.233. The number of nitrogen functional groups attached to an aromatic ring is 1. The SMILES string of the molecule is Nc1nccc(Nc2ccc3c(c2)C(c2cc4cc(O)ccc4s2)=NC3)n1. The maximum atomic E-state index is 9.71. The van der Waals surface area contributed by atoms with E-state index < -0.39 is 0 Å². The summed E-state index contributed by atoms with van der Waals surface area (Å²) in [6.45, 7) is 0.672. The van der Waals surface area contributed by atoms with Crippen LogP contribution in [-0.4, -0.2) is 20.8 Å². The molecule has 3 heterocycles.